The molecular formula is C19H26N6O3. The van der Waals surface area contributed by atoms with Crippen molar-refractivity contribution in [2.45, 2.75) is 38.3 Å². The van der Waals surface area contributed by atoms with E-state index in [2.05, 4.69) is 15.5 Å². The van der Waals surface area contributed by atoms with Crippen LogP contribution in [0.1, 0.15) is 25.7 Å². The van der Waals surface area contributed by atoms with Crippen LogP contribution in [-0.2, 0) is 11.3 Å². The number of likely N-dealkylation sites (tertiary alicyclic amines) is 1. The highest BCUT2D eigenvalue weighted by molar-refractivity contribution is 5.74. The van der Waals surface area contributed by atoms with Crippen LogP contribution in [0.5, 0.6) is 0 Å². The van der Waals surface area contributed by atoms with Crippen molar-refractivity contribution in [3.8, 4) is 5.82 Å². The maximum atomic E-state index is 12.3. The molecule has 2 aromatic heterocycles. The van der Waals surface area contributed by atoms with Crippen molar-refractivity contribution in [1.29, 1.82) is 0 Å². The maximum Gasteiger partial charge on any atom is 0.317 e. The van der Waals surface area contributed by atoms with Crippen LogP contribution >= 0.6 is 0 Å². The molecule has 0 radical (unpaired) electrons. The van der Waals surface area contributed by atoms with Crippen LogP contribution in [0.15, 0.2) is 35.4 Å². The summed E-state index contributed by atoms with van der Waals surface area (Å²) < 4.78 is 8.69. The second-order valence-electron chi connectivity index (χ2n) is 7.41. The van der Waals surface area contributed by atoms with Crippen LogP contribution in [0.2, 0.25) is 0 Å². The predicted octanol–water partition coefficient (Wildman–Crippen LogP) is 1.03. The average Bonchev–Trinajstić information content (AvgIpc) is 3.42. The lowest BCUT2D eigenvalue weighted by Crippen LogP contribution is -2.47. The van der Waals surface area contributed by atoms with Gasteiger partial charge in [-0.15, -0.1) is 5.10 Å². The molecule has 2 fully saturated rings. The standard InChI is InChI=1S/C19H26N6O3/c26-18-5-4-17(24-9-2-8-21-24)22-25(18)14-15-6-10-23(11-7-15)19(27)20-13-16-3-1-12-28-16/h2,4-5,8-9,15-16H,1,3,6-7,10-14H2,(H,20,27). The summed E-state index contributed by atoms with van der Waals surface area (Å²) in [6.07, 6.45) is 7.42. The van der Waals surface area contributed by atoms with Gasteiger partial charge >= 0.3 is 6.03 Å². The lowest BCUT2D eigenvalue weighted by molar-refractivity contribution is 0.107. The Kier molecular flexibility index (Phi) is 5.70. The van der Waals surface area contributed by atoms with Gasteiger partial charge in [0.2, 0.25) is 0 Å². The molecule has 0 aliphatic carbocycles. The number of urea groups is 1. The SMILES string of the molecule is O=C(NCC1CCCO1)N1CCC(Cn2nc(-n3cccn3)ccc2=O)CC1. The molecule has 0 bridgehead atoms. The third-order valence-electron chi connectivity index (χ3n) is 5.43. The van der Waals surface area contributed by atoms with Crippen LogP contribution < -0.4 is 10.9 Å². The predicted molar refractivity (Wildman–Crippen MR) is 102 cm³/mol. The van der Waals surface area contributed by atoms with Gasteiger partial charge in [-0.05, 0) is 43.7 Å². The molecule has 2 aliphatic heterocycles. The molecule has 1 N–H and O–H groups in total. The number of hydrogen-bond donors (Lipinski definition) is 1. The first-order valence-electron chi connectivity index (χ1n) is 9.91. The smallest absolute Gasteiger partial charge is 0.317 e. The number of carbonyl (C=O) groups is 1. The number of amides is 2. The molecule has 2 aromatic rings. The van der Waals surface area contributed by atoms with Crippen molar-refractivity contribution < 1.29 is 9.53 Å². The number of carbonyl (C=O) groups excluding carboxylic acids is 1. The van der Waals surface area contributed by atoms with Gasteiger partial charge in [0.1, 0.15) is 0 Å². The zero-order valence-electron chi connectivity index (χ0n) is 15.9. The van der Waals surface area contributed by atoms with E-state index in [1.54, 1.807) is 23.1 Å². The topological polar surface area (TPSA) is 94.3 Å². The minimum Gasteiger partial charge on any atom is -0.376 e. The Hall–Kier alpha value is -2.68. The quantitative estimate of drug-likeness (QED) is 0.828. The highest BCUT2D eigenvalue weighted by Gasteiger charge is 2.24. The van der Waals surface area contributed by atoms with E-state index in [9.17, 15) is 9.59 Å². The largest absolute Gasteiger partial charge is 0.376 e. The van der Waals surface area contributed by atoms with Gasteiger partial charge < -0.3 is 15.0 Å². The highest BCUT2D eigenvalue weighted by atomic mass is 16.5. The van der Waals surface area contributed by atoms with E-state index in [-0.39, 0.29) is 17.7 Å². The fourth-order valence-corrected chi connectivity index (χ4v) is 3.78. The van der Waals surface area contributed by atoms with E-state index in [1.165, 1.54) is 10.7 Å². The number of aromatic nitrogens is 4. The molecule has 0 aromatic carbocycles. The first-order chi connectivity index (χ1) is 13.7. The summed E-state index contributed by atoms with van der Waals surface area (Å²) in [4.78, 5) is 26.4. The highest BCUT2D eigenvalue weighted by Crippen LogP contribution is 2.19. The molecular weight excluding hydrogens is 360 g/mol. The van der Waals surface area contributed by atoms with Crippen molar-refractivity contribution in [3.05, 3.63) is 40.9 Å². The van der Waals surface area contributed by atoms with E-state index in [4.69, 9.17) is 4.74 Å². The van der Waals surface area contributed by atoms with Crippen LogP contribution in [0.4, 0.5) is 4.79 Å². The van der Waals surface area contributed by atoms with E-state index in [0.717, 1.165) is 32.3 Å². The molecule has 4 heterocycles. The van der Waals surface area contributed by atoms with Gasteiger partial charge in [-0.2, -0.15) is 5.10 Å². The second-order valence-corrected chi connectivity index (χ2v) is 7.41. The fraction of sp³-hybridized carbons (Fsp3) is 0.579. The first kappa shape index (κ1) is 18.7. The molecule has 2 amide bonds. The molecule has 150 valence electrons. The zero-order valence-corrected chi connectivity index (χ0v) is 15.9. The van der Waals surface area contributed by atoms with Gasteiger partial charge in [0, 0.05) is 51.2 Å². The van der Waals surface area contributed by atoms with Gasteiger partial charge in [-0.25, -0.2) is 14.2 Å². The van der Waals surface area contributed by atoms with Crippen LogP contribution in [0, 0.1) is 5.92 Å². The molecule has 9 heteroatoms. The van der Waals surface area contributed by atoms with E-state index in [1.807, 2.05) is 11.0 Å². The Morgan fingerprint density at radius 2 is 2.11 bits per heavy atom. The zero-order chi connectivity index (χ0) is 19.3. The molecule has 2 aliphatic rings. The van der Waals surface area contributed by atoms with Gasteiger partial charge in [-0.1, -0.05) is 0 Å². The Balaban J connectivity index is 1.29. The van der Waals surface area contributed by atoms with Gasteiger partial charge in [-0.3, -0.25) is 4.79 Å². The van der Waals surface area contributed by atoms with Crippen molar-refractivity contribution in [2.24, 2.45) is 5.92 Å². The maximum absolute atomic E-state index is 12.3. The number of nitrogens with one attached hydrogen (secondary N) is 1. The number of piperidine rings is 1. The summed E-state index contributed by atoms with van der Waals surface area (Å²) in [5.74, 6) is 0.941. The Morgan fingerprint density at radius 1 is 1.25 bits per heavy atom. The molecule has 4 rings (SSSR count). The van der Waals surface area contributed by atoms with Gasteiger partial charge in [0.25, 0.3) is 5.56 Å². The minimum atomic E-state index is -0.118. The monoisotopic (exact) mass is 386 g/mol. The number of nitrogens with zero attached hydrogens (tertiary/aromatic N) is 5. The average molecular weight is 386 g/mol. The molecule has 1 unspecified atom stereocenters. The molecule has 1 atom stereocenters. The van der Waals surface area contributed by atoms with E-state index >= 15 is 0 Å². The van der Waals surface area contributed by atoms with Crippen molar-refractivity contribution in [3.63, 3.8) is 0 Å². The van der Waals surface area contributed by atoms with Crippen molar-refractivity contribution >= 4 is 6.03 Å². The number of hydrogen-bond acceptors (Lipinski definition) is 5. The summed E-state index contributed by atoms with van der Waals surface area (Å²) in [6, 6.07) is 4.99. The van der Waals surface area contributed by atoms with E-state index in [0.29, 0.717) is 37.9 Å². The van der Waals surface area contributed by atoms with Crippen LogP contribution in [0.25, 0.3) is 5.82 Å². The second kappa shape index (κ2) is 8.55. The van der Waals surface area contributed by atoms with Crippen molar-refractivity contribution in [1.82, 2.24) is 29.8 Å². The van der Waals surface area contributed by atoms with E-state index < -0.39 is 0 Å². The van der Waals surface area contributed by atoms with Gasteiger partial charge in [0.15, 0.2) is 5.82 Å². The van der Waals surface area contributed by atoms with Crippen LogP contribution in [0.3, 0.4) is 0 Å². The molecule has 28 heavy (non-hydrogen) atoms. The Morgan fingerprint density at radius 3 is 2.82 bits per heavy atom. The molecule has 9 nitrogen and oxygen atoms in total. The summed E-state index contributed by atoms with van der Waals surface area (Å²) in [5, 5.41) is 11.6. The third-order valence-corrected chi connectivity index (χ3v) is 5.43. The summed E-state index contributed by atoms with van der Waals surface area (Å²) in [6.45, 7) is 3.31. The van der Waals surface area contributed by atoms with Crippen molar-refractivity contribution in [2.75, 3.05) is 26.2 Å². The van der Waals surface area contributed by atoms with Crippen LogP contribution in [-0.4, -0.2) is 62.8 Å². The molecule has 2 saturated heterocycles. The lowest BCUT2D eigenvalue weighted by Gasteiger charge is -2.32. The first-order valence-corrected chi connectivity index (χ1v) is 9.91. The summed E-state index contributed by atoms with van der Waals surface area (Å²) >= 11 is 0. The molecule has 0 saturated carbocycles. The summed E-state index contributed by atoms with van der Waals surface area (Å²) in [5.41, 5.74) is -0.118. The number of rotatable bonds is 5. The fourth-order valence-electron chi connectivity index (χ4n) is 3.78. The Labute approximate surface area is 163 Å². The number of ether oxygens (including phenoxy) is 1. The Bertz CT molecular complexity index is 836. The lowest BCUT2D eigenvalue weighted by atomic mass is 9.97. The van der Waals surface area contributed by atoms with Gasteiger partial charge in [0.05, 0.1) is 6.10 Å². The third kappa shape index (κ3) is 4.41. The molecule has 0 spiro atoms. The summed E-state index contributed by atoms with van der Waals surface area (Å²) in [7, 11) is 0. The minimum absolute atomic E-state index is 0.0232. The normalized spacial score (nSPS) is 20.4.